The predicted molar refractivity (Wildman–Crippen MR) is 145 cm³/mol. The molecule has 1 aliphatic heterocycles. The molecule has 0 radical (unpaired) electrons. The largest absolute Gasteiger partial charge is 0.343 e. The van der Waals surface area contributed by atoms with Gasteiger partial charge in [-0.25, -0.2) is 9.37 Å². The van der Waals surface area contributed by atoms with Gasteiger partial charge in [0.05, 0.1) is 12.1 Å². The number of halogens is 1. The van der Waals surface area contributed by atoms with Crippen LogP contribution in [0.1, 0.15) is 96.5 Å². The minimum atomic E-state index is -0.554. The molecule has 9 heteroatoms. The summed E-state index contributed by atoms with van der Waals surface area (Å²) in [6.07, 6.45) is 9.01. The number of ketones is 1. The van der Waals surface area contributed by atoms with Gasteiger partial charge in [-0.3, -0.25) is 14.4 Å². The van der Waals surface area contributed by atoms with Gasteiger partial charge in [0.15, 0.2) is 0 Å². The highest BCUT2D eigenvalue weighted by molar-refractivity contribution is 7.10. The molecule has 1 aromatic heterocycles. The number of carbonyl (C=O) groups is 3. The third kappa shape index (κ3) is 5.27. The number of amides is 2. The molecule has 204 valence electrons. The summed E-state index contributed by atoms with van der Waals surface area (Å²) in [5, 5.41) is 8.54. The molecule has 38 heavy (non-hydrogen) atoms. The molecule has 1 saturated heterocycles. The Labute approximate surface area is 227 Å². The standard InChI is InChI=1S/C29H37FN4O3S/c1-17(31-2)27(36)33-25(18-8-4-3-5-9-18)29(37)34-15-7-12-24(34)28-32-23(16-38-28)26(35)21-13-14-22(30)20-11-6-10-19(20)21/h13-14,16-18,24-25,31H,3-12,15H2,1-2H3,(H,33,36)/t17?,24?,25-/m0/s1. The summed E-state index contributed by atoms with van der Waals surface area (Å²) in [5.74, 6) is -0.511. The summed E-state index contributed by atoms with van der Waals surface area (Å²) < 4.78 is 14.2. The number of benzene rings is 1. The van der Waals surface area contributed by atoms with Gasteiger partial charge < -0.3 is 15.5 Å². The number of fused-ring (bicyclic) bond motifs is 1. The van der Waals surface area contributed by atoms with Crippen LogP contribution in [0, 0.1) is 11.7 Å². The van der Waals surface area contributed by atoms with E-state index in [1.165, 1.54) is 17.4 Å². The molecular formula is C29H37FN4O3S. The van der Waals surface area contributed by atoms with Crippen LogP contribution in [0.5, 0.6) is 0 Å². The predicted octanol–water partition coefficient (Wildman–Crippen LogP) is 4.34. The number of likely N-dealkylation sites (tertiary alicyclic amines) is 1. The lowest BCUT2D eigenvalue weighted by molar-refractivity contribution is -0.139. The molecule has 2 fully saturated rings. The average molecular weight is 541 g/mol. The van der Waals surface area contributed by atoms with Gasteiger partial charge in [0.2, 0.25) is 17.6 Å². The first-order valence-corrected chi connectivity index (χ1v) is 14.9. The molecule has 1 saturated carbocycles. The van der Waals surface area contributed by atoms with Crippen molar-refractivity contribution in [2.75, 3.05) is 13.6 Å². The molecule has 2 unspecified atom stereocenters. The van der Waals surface area contributed by atoms with Crippen molar-refractivity contribution in [1.82, 2.24) is 20.5 Å². The first kappa shape index (κ1) is 26.9. The Kier molecular flexibility index (Phi) is 8.23. The summed E-state index contributed by atoms with van der Waals surface area (Å²) in [6.45, 7) is 2.40. The molecule has 2 heterocycles. The normalized spacial score (nSPS) is 21.2. The van der Waals surface area contributed by atoms with Crippen molar-refractivity contribution in [1.29, 1.82) is 0 Å². The molecule has 0 bridgehead atoms. The number of nitrogens with one attached hydrogen (secondary N) is 2. The van der Waals surface area contributed by atoms with Crippen molar-refractivity contribution in [3.63, 3.8) is 0 Å². The fourth-order valence-corrected chi connectivity index (χ4v) is 7.23. The van der Waals surface area contributed by atoms with E-state index in [0.717, 1.165) is 61.9 Å². The van der Waals surface area contributed by atoms with E-state index < -0.39 is 6.04 Å². The van der Waals surface area contributed by atoms with Crippen LogP contribution in [0.3, 0.4) is 0 Å². The second-order valence-electron chi connectivity index (χ2n) is 10.9. The van der Waals surface area contributed by atoms with Crippen LogP contribution in [0.4, 0.5) is 4.39 Å². The zero-order valence-corrected chi connectivity index (χ0v) is 23.0. The van der Waals surface area contributed by atoms with E-state index in [2.05, 4.69) is 10.6 Å². The van der Waals surface area contributed by atoms with Crippen LogP contribution in [0.15, 0.2) is 17.5 Å². The summed E-state index contributed by atoms with van der Waals surface area (Å²) in [4.78, 5) is 46.7. The van der Waals surface area contributed by atoms with E-state index in [9.17, 15) is 18.8 Å². The van der Waals surface area contributed by atoms with Crippen molar-refractivity contribution in [2.45, 2.75) is 89.3 Å². The molecule has 2 aromatic rings. The Hall–Kier alpha value is -2.65. The number of aromatic nitrogens is 1. The molecule has 1 aromatic carbocycles. The zero-order chi connectivity index (χ0) is 26.8. The zero-order valence-electron chi connectivity index (χ0n) is 22.2. The molecule has 2 N–H and O–H groups in total. The molecule has 7 nitrogen and oxygen atoms in total. The van der Waals surface area contributed by atoms with Crippen molar-refractivity contribution >= 4 is 28.9 Å². The fraction of sp³-hybridized carbons (Fsp3) is 0.586. The first-order chi connectivity index (χ1) is 18.4. The molecule has 3 atom stereocenters. The summed E-state index contributed by atoms with van der Waals surface area (Å²) in [7, 11) is 1.74. The minimum absolute atomic E-state index is 0.0458. The van der Waals surface area contributed by atoms with Crippen molar-refractivity contribution in [2.24, 2.45) is 5.92 Å². The molecule has 0 spiro atoms. The van der Waals surface area contributed by atoms with E-state index in [0.29, 0.717) is 36.2 Å². The third-order valence-electron chi connectivity index (χ3n) is 8.56. The van der Waals surface area contributed by atoms with Gasteiger partial charge in [-0.15, -0.1) is 11.3 Å². The topological polar surface area (TPSA) is 91.4 Å². The fourth-order valence-electron chi connectivity index (χ4n) is 6.28. The highest BCUT2D eigenvalue weighted by Crippen LogP contribution is 2.37. The van der Waals surface area contributed by atoms with E-state index in [1.807, 2.05) is 4.90 Å². The Morgan fingerprint density at radius 3 is 2.58 bits per heavy atom. The Balaban J connectivity index is 1.36. The molecule has 5 rings (SSSR count). The van der Waals surface area contributed by atoms with Crippen molar-refractivity contribution in [3.05, 3.63) is 50.7 Å². The molecule has 3 aliphatic rings. The Morgan fingerprint density at radius 2 is 1.82 bits per heavy atom. The Bertz CT molecular complexity index is 1210. The number of hydrogen-bond donors (Lipinski definition) is 2. The van der Waals surface area contributed by atoms with Gasteiger partial charge in [-0.1, -0.05) is 19.3 Å². The number of thiazole rings is 1. The van der Waals surface area contributed by atoms with Crippen LogP contribution in [-0.2, 0) is 22.4 Å². The maximum atomic E-state index is 14.2. The molecular weight excluding hydrogens is 503 g/mol. The quantitative estimate of drug-likeness (QED) is 0.486. The highest BCUT2D eigenvalue weighted by Gasteiger charge is 2.40. The van der Waals surface area contributed by atoms with Gasteiger partial charge >= 0.3 is 0 Å². The van der Waals surface area contributed by atoms with Gasteiger partial charge in [0.1, 0.15) is 22.6 Å². The SMILES string of the molecule is CNC(C)C(=O)N[C@H](C(=O)N1CCCC1c1nc(C(=O)c2ccc(F)c3c2CCC3)cs1)C1CCCCC1. The monoisotopic (exact) mass is 540 g/mol. The lowest BCUT2D eigenvalue weighted by Crippen LogP contribution is -2.55. The molecule has 2 amide bonds. The van der Waals surface area contributed by atoms with Gasteiger partial charge in [0, 0.05) is 17.5 Å². The number of carbonyl (C=O) groups excluding carboxylic acids is 3. The van der Waals surface area contributed by atoms with Gasteiger partial charge in [-0.2, -0.15) is 0 Å². The van der Waals surface area contributed by atoms with Crippen LogP contribution in [-0.4, -0.2) is 53.2 Å². The summed E-state index contributed by atoms with van der Waals surface area (Å²) in [6, 6.07) is 1.82. The molecule has 2 aliphatic carbocycles. The first-order valence-electron chi connectivity index (χ1n) is 14.0. The number of hydrogen-bond acceptors (Lipinski definition) is 6. The van der Waals surface area contributed by atoms with Crippen LogP contribution >= 0.6 is 11.3 Å². The van der Waals surface area contributed by atoms with E-state index in [-0.39, 0.29) is 41.4 Å². The lowest BCUT2D eigenvalue weighted by Gasteiger charge is -2.35. The second kappa shape index (κ2) is 11.6. The van der Waals surface area contributed by atoms with Gasteiger partial charge in [-0.05, 0) is 88.1 Å². The smallest absolute Gasteiger partial charge is 0.246 e. The lowest BCUT2D eigenvalue weighted by atomic mass is 9.83. The maximum Gasteiger partial charge on any atom is 0.246 e. The van der Waals surface area contributed by atoms with E-state index in [4.69, 9.17) is 4.98 Å². The average Bonchev–Trinajstić information content (AvgIpc) is 3.71. The summed E-state index contributed by atoms with van der Waals surface area (Å²) >= 11 is 1.40. The Morgan fingerprint density at radius 1 is 1.05 bits per heavy atom. The number of nitrogens with zero attached hydrogens (tertiary/aromatic N) is 2. The van der Waals surface area contributed by atoms with E-state index >= 15 is 0 Å². The number of likely N-dealkylation sites (N-methyl/N-ethyl adjacent to an activating group) is 1. The summed E-state index contributed by atoms with van der Waals surface area (Å²) in [5.41, 5.74) is 2.35. The van der Waals surface area contributed by atoms with Crippen LogP contribution in [0.2, 0.25) is 0 Å². The third-order valence-corrected chi connectivity index (χ3v) is 9.51. The van der Waals surface area contributed by atoms with Crippen LogP contribution in [0.25, 0.3) is 0 Å². The van der Waals surface area contributed by atoms with Crippen molar-refractivity contribution in [3.8, 4) is 0 Å². The van der Waals surface area contributed by atoms with Gasteiger partial charge in [0.25, 0.3) is 0 Å². The number of rotatable bonds is 8. The second-order valence-corrected chi connectivity index (χ2v) is 11.8. The minimum Gasteiger partial charge on any atom is -0.343 e. The van der Waals surface area contributed by atoms with Crippen LogP contribution < -0.4 is 10.6 Å². The maximum absolute atomic E-state index is 14.2. The van der Waals surface area contributed by atoms with E-state index in [1.54, 1.807) is 25.4 Å². The highest BCUT2D eigenvalue weighted by atomic mass is 32.1. The van der Waals surface area contributed by atoms with Crippen molar-refractivity contribution < 1.29 is 18.8 Å².